The van der Waals surface area contributed by atoms with Crippen LogP contribution in [0.4, 0.5) is 0 Å². The van der Waals surface area contributed by atoms with Crippen LogP contribution in [0.2, 0.25) is 0 Å². The average molecular weight is 164 g/mol. The maximum atomic E-state index is 11.1. The lowest BCUT2D eigenvalue weighted by atomic mass is 9.94. The number of aryl methyl sites for hydroxylation is 1. The summed E-state index contributed by atoms with van der Waals surface area (Å²) in [6.07, 6.45) is 0. The molecule has 1 aromatic heterocycles. The van der Waals surface area contributed by atoms with Crippen molar-refractivity contribution in [2.24, 2.45) is 0 Å². The third-order valence-corrected chi connectivity index (χ3v) is 2.25. The Balaban J connectivity index is 2.36. The second kappa shape index (κ2) is 2.75. The van der Waals surface area contributed by atoms with Crippen LogP contribution in [-0.2, 0) is 0 Å². The highest BCUT2D eigenvalue weighted by molar-refractivity contribution is 5.22. The molecule has 0 saturated carbocycles. The van der Waals surface area contributed by atoms with E-state index in [0.29, 0.717) is 5.92 Å². The summed E-state index contributed by atoms with van der Waals surface area (Å²) in [6, 6.07) is 3.74. The van der Waals surface area contributed by atoms with E-state index in [0.717, 1.165) is 24.3 Å². The number of aromatic nitrogens is 1. The number of hydrogen-bond donors (Lipinski definition) is 2. The number of H-pyrrole nitrogens is 1. The van der Waals surface area contributed by atoms with Crippen molar-refractivity contribution >= 4 is 0 Å². The van der Waals surface area contributed by atoms with Crippen molar-refractivity contribution in [2.45, 2.75) is 12.8 Å². The first kappa shape index (κ1) is 7.55. The van der Waals surface area contributed by atoms with E-state index in [1.807, 2.05) is 13.0 Å². The summed E-state index contributed by atoms with van der Waals surface area (Å²) in [5.41, 5.74) is 2.12. The zero-order valence-corrected chi connectivity index (χ0v) is 7.05. The topological polar surface area (TPSA) is 44.9 Å². The molecule has 0 amide bonds. The van der Waals surface area contributed by atoms with Gasteiger partial charge in [-0.2, -0.15) is 0 Å². The minimum Gasteiger partial charge on any atom is -0.327 e. The molecule has 1 aliphatic heterocycles. The van der Waals surface area contributed by atoms with Gasteiger partial charge in [0, 0.05) is 30.8 Å². The highest BCUT2D eigenvalue weighted by atomic mass is 16.1. The van der Waals surface area contributed by atoms with Crippen LogP contribution in [0.25, 0.3) is 0 Å². The van der Waals surface area contributed by atoms with Crippen molar-refractivity contribution in [3.63, 3.8) is 0 Å². The van der Waals surface area contributed by atoms with Gasteiger partial charge in [0.15, 0.2) is 0 Å². The predicted octanol–water partition coefficient (Wildman–Crippen LogP) is 0.370. The van der Waals surface area contributed by atoms with Crippen LogP contribution < -0.4 is 10.9 Å². The fourth-order valence-corrected chi connectivity index (χ4v) is 1.47. The van der Waals surface area contributed by atoms with E-state index in [2.05, 4.69) is 10.3 Å². The molecule has 1 aromatic rings. The molecule has 2 rings (SSSR count). The van der Waals surface area contributed by atoms with Crippen LogP contribution in [0.15, 0.2) is 16.9 Å². The Morgan fingerprint density at radius 3 is 2.67 bits per heavy atom. The third kappa shape index (κ3) is 1.28. The molecular formula is C9H12N2O. The first-order valence-corrected chi connectivity index (χ1v) is 4.17. The zero-order valence-electron chi connectivity index (χ0n) is 7.05. The first-order valence-electron chi connectivity index (χ1n) is 4.17. The highest BCUT2D eigenvalue weighted by Gasteiger charge is 2.18. The molecule has 0 bridgehead atoms. The van der Waals surface area contributed by atoms with Gasteiger partial charge in [-0.3, -0.25) is 4.79 Å². The summed E-state index contributed by atoms with van der Waals surface area (Å²) in [6.45, 7) is 3.92. The van der Waals surface area contributed by atoms with Crippen molar-refractivity contribution in [1.82, 2.24) is 10.3 Å². The quantitative estimate of drug-likeness (QED) is 0.630. The molecule has 0 atom stereocenters. The molecule has 2 N–H and O–H groups in total. The van der Waals surface area contributed by atoms with Crippen molar-refractivity contribution < 1.29 is 0 Å². The monoisotopic (exact) mass is 164 g/mol. The minimum atomic E-state index is 0.0110. The highest BCUT2D eigenvalue weighted by Crippen LogP contribution is 2.17. The largest absolute Gasteiger partial charge is 0.327 e. The summed E-state index contributed by atoms with van der Waals surface area (Å²) in [7, 11) is 0. The van der Waals surface area contributed by atoms with Gasteiger partial charge < -0.3 is 10.3 Å². The molecule has 64 valence electrons. The summed E-state index contributed by atoms with van der Waals surface area (Å²) in [4.78, 5) is 13.8. The Morgan fingerprint density at radius 2 is 2.17 bits per heavy atom. The third-order valence-electron chi connectivity index (χ3n) is 2.25. The van der Waals surface area contributed by atoms with E-state index >= 15 is 0 Å². The van der Waals surface area contributed by atoms with Gasteiger partial charge in [0.2, 0.25) is 5.56 Å². The van der Waals surface area contributed by atoms with Crippen molar-refractivity contribution in [3.05, 3.63) is 33.7 Å². The number of pyridine rings is 1. The Bertz CT molecular complexity index is 339. The lowest BCUT2D eigenvalue weighted by molar-refractivity contribution is 0.447. The molecule has 1 saturated heterocycles. The smallest absolute Gasteiger partial charge is 0.248 e. The zero-order chi connectivity index (χ0) is 8.55. The van der Waals surface area contributed by atoms with Crippen LogP contribution in [0.1, 0.15) is 17.2 Å². The molecule has 0 aromatic carbocycles. The maximum Gasteiger partial charge on any atom is 0.248 e. The van der Waals surface area contributed by atoms with Crippen LogP contribution in [0.5, 0.6) is 0 Å². The van der Waals surface area contributed by atoms with Gasteiger partial charge >= 0.3 is 0 Å². The molecule has 1 fully saturated rings. The Morgan fingerprint density at radius 1 is 1.42 bits per heavy atom. The molecule has 12 heavy (non-hydrogen) atoms. The Kier molecular flexibility index (Phi) is 1.73. The normalized spacial score (nSPS) is 17.4. The van der Waals surface area contributed by atoms with E-state index in [9.17, 15) is 4.79 Å². The molecule has 0 radical (unpaired) electrons. The van der Waals surface area contributed by atoms with E-state index in [-0.39, 0.29) is 5.56 Å². The van der Waals surface area contributed by atoms with Gasteiger partial charge in [-0.15, -0.1) is 0 Å². The second-order valence-corrected chi connectivity index (χ2v) is 3.32. The van der Waals surface area contributed by atoms with E-state index < -0.39 is 0 Å². The van der Waals surface area contributed by atoms with Crippen molar-refractivity contribution in [1.29, 1.82) is 0 Å². The molecule has 0 aliphatic carbocycles. The number of aromatic amines is 1. The summed E-state index contributed by atoms with van der Waals surface area (Å²) in [5, 5.41) is 3.19. The fraction of sp³-hybridized carbons (Fsp3) is 0.444. The predicted molar refractivity (Wildman–Crippen MR) is 47.4 cm³/mol. The summed E-state index contributed by atoms with van der Waals surface area (Å²) in [5.74, 6) is 0.547. The summed E-state index contributed by atoms with van der Waals surface area (Å²) < 4.78 is 0. The molecule has 0 spiro atoms. The van der Waals surface area contributed by atoms with Crippen LogP contribution in [-0.4, -0.2) is 18.1 Å². The van der Waals surface area contributed by atoms with Crippen LogP contribution >= 0.6 is 0 Å². The summed E-state index contributed by atoms with van der Waals surface area (Å²) >= 11 is 0. The molecule has 3 nitrogen and oxygen atoms in total. The molecule has 0 unspecified atom stereocenters. The van der Waals surface area contributed by atoms with Gasteiger partial charge in [-0.25, -0.2) is 0 Å². The first-order chi connectivity index (χ1) is 5.75. The Labute approximate surface area is 70.8 Å². The van der Waals surface area contributed by atoms with Gasteiger partial charge in [-0.1, -0.05) is 0 Å². The number of rotatable bonds is 1. The van der Waals surface area contributed by atoms with Crippen molar-refractivity contribution in [2.75, 3.05) is 13.1 Å². The van der Waals surface area contributed by atoms with Gasteiger partial charge in [0.05, 0.1) is 0 Å². The maximum absolute atomic E-state index is 11.1. The lowest BCUT2D eigenvalue weighted by Gasteiger charge is -2.27. The molecular weight excluding hydrogens is 152 g/mol. The molecule has 3 heteroatoms. The van der Waals surface area contributed by atoms with Gasteiger partial charge in [0.1, 0.15) is 0 Å². The molecule has 2 heterocycles. The minimum absolute atomic E-state index is 0.0110. The van der Waals surface area contributed by atoms with Gasteiger partial charge in [0.25, 0.3) is 0 Å². The van der Waals surface area contributed by atoms with Gasteiger partial charge in [-0.05, 0) is 18.6 Å². The number of nitrogens with one attached hydrogen (secondary N) is 2. The van der Waals surface area contributed by atoms with Crippen LogP contribution in [0.3, 0.4) is 0 Å². The van der Waals surface area contributed by atoms with E-state index in [1.54, 1.807) is 6.07 Å². The Hall–Kier alpha value is -1.09. The van der Waals surface area contributed by atoms with Crippen molar-refractivity contribution in [3.8, 4) is 0 Å². The average Bonchev–Trinajstić information content (AvgIpc) is 1.79. The standard InChI is InChI=1S/C9H12N2O/c1-6-2-7(3-9(12)11-6)8-4-10-5-8/h2-3,8,10H,4-5H2,1H3,(H,11,12). The SMILES string of the molecule is Cc1cc(C2CNC2)cc(=O)[nH]1. The number of hydrogen-bond acceptors (Lipinski definition) is 2. The van der Waals surface area contributed by atoms with Crippen LogP contribution in [0, 0.1) is 6.92 Å². The van der Waals surface area contributed by atoms with E-state index in [1.165, 1.54) is 0 Å². The van der Waals surface area contributed by atoms with E-state index in [4.69, 9.17) is 0 Å². The molecule has 1 aliphatic rings. The fourth-order valence-electron chi connectivity index (χ4n) is 1.47. The second-order valence-electron chi connectivity index (χ2n) is 3.32. The lowest BCUT2D eigenvalue weighted by Crippen LogP contribution is -2.40.